The number of ether oxygens (including phenoxy) is 1. The van der Waals surface area contributed by atoms with Crippen LogP contribution in [0.2, 0.25) is 0 Å². The number of Topliss-reactive ketones (excluding diaryl/α,β-unsaturated/α-hetero) is 1. The molecule has 6 rings (SSSR count). The molecule has 3 atom stereocenters. The number of nitrogens with zero attached hydrogens (tertiary/aromatic N) is 3. The van der Waals surface area contributed by atoms with Crippen LogP contribution in [-0.2, 0) is 19.2 Å². The summed E-state index contributed by atoms with van der Waals surface area (Å²) >= 11 is 0. The smallest absolute Gasteiger partial charge is 0.261 e. The van der Waals surface area contributed by atoms with Crippen LogP contribution in [0.15, 0.2) is 35.4 Å². The van der Waals surface area contributed by atoms with Gasteiger partial charge in [-0.1, -0.05) is 24.6 Å². The molecule has 0 aromatic heterocycles. The minimum Gasteiger partial charge on any atom is -0.495 e. The Hall–Kier alpha value is -2.71. The number of hydroxylamine groups is 2. The van der Waals surface area contributed by atoms with E-state index in [2.05, 4.69) is 15.9 Å². The van der Waals surface area contributed by atoms with Crippen LogP contribution in [0, 0.1) is 17.3 Å². The fourth-order valence-corrected chi connectivity index (χ4v) is 6.43. The SMILES string of the molecule is COc1ccccc1N1CCN(CCCON2C(=O)C3C4=C(C)CC(C)(CC4=O)C3C2=O)CC1. The predicted octanol–water partition coefficient (Wildman–Crippen LogP) is 2.44. The number of imide groups is 1. The van der Waals surface area contributed by atoms with Gasteiger partial charge in [-0.15, -0.1) is 0 Å². The van der Waals surface area contributed by atoms with Gasteiger partial charge < -0.3 is 9.64 Å². The second-order valence-electron chi connectivity index (χ2n) is 10.2. The molecular weight excluding hydrogens is 434 g/mol. The van der Waals surface area contributed by atoms with Gasteiger partial charge in [0.2, 0.25) is 0 Å². The highest BCUT2D eigenvalue weighted by atomic mass is 16.7. The maximum Gasteiger partial charge on any atom is 0.261 e. The average Bonchev–Trinajstić information content (AvgIpc) is 3.07. The largest absolute Gasteiger partial charge is 0.495 e. The summed E-state index contributed by atoms with van der Waals surface area (Å²) in [5, 5.41) is 0.963. The van der Waals surface area contributed by atoms with E-state index in [-0.39, 0.29) is 17.6 Å². The second-order valence-corrected chi connectivity index (χ2v) is 10.2. The Morgan fingerprint density at radius 3 is 2.47 bits per heavy atom. The van der Waals surface area contributed by atoms with Crippen LogP contribution in [-0.4, -0.2) is 74.0 Å². The summed E-state index contributed by atoms with van der Waals surface area (Å²) < 4.78 is 5.49. The second kappa shape index (κ2) is 8.82. The highest BCUT2D eigenvalue weighted by Crippen LogP contribution is 2.57. The van der Waals surface area contributed by atoms with Crippen molar-refractivity contribution in [2.75, 3.05) is 51.3 Å². The first-order valence-corrected chi connectivity index (χ1v) is 12.2. The zero-order valence-corrected chi connectivity index (χ0v) is 20.2. The number of allylic oxidation sites excluding steroid dienone is 1. The fourth-order valence-electron chi connectivity index (χ4n) is 6.43. The van der Waals surface area contributed by atoms with Crippen molar-refractivity contribution in [1.29, 1.82) is 0 Å². The van der Waals surface area contributed by atoms with Gasteiger partial charge in [0.15, 0.2) is 5.78 Å². The lowest BCUT2D eigenvalue weighted by molar-refractivity contribution is -0.190. The maximum absolute atomic E-state index is 13.1. The van der Waals surface area contributed by atoms with Gasteiger partial charge in [0.05, 0.1) is 31.2 Å². The number of carbonyl (C=O) groups is 3. The third-order valence-electron chi connectivity index (χ3n) is 7.96. The molecule has 2 heterocycles. The molecule has 8 heteroatoms. The van der Waals surface area contributed by atoms with Crippen LogP contribution in [0.5, 0.6) is 5.75 Å². The highest BCUT2D eigenvalue weighted by molar-refractivity contribution is 6.14. The Kier molecular flexibility index (Phi) is 5.98. The zero-order valence-electron chi connectivity index (χ0n) is 20.2. The number of rotatable bonds is 7. The van der Waals surface area contributed by atoms with Gasteiger partial charge in [-0.25, -0.2) is 0 Å². The Morgan fingerprint density at radius 1 is 1.03 bits per heavy atom. The van der Waals surface area contributed by atoms with Crippen LogP contribution in [0.4, 0.5) is 5.69 Å². The lowest BCUT2D eigenvalue weighted by atomic mass is 9.54. The van der Waals surface area contributed by atoms with Gasteiger partial charge >= 0.3 is 0 Å². The van der Waals surface area contributed by atoms with Crippen molar-refractivity contribution in [3.05, 3.63) is 35.4 Å². The Bertz CT molecular complexity index is 1040. The molecule has 2 amide bonds. The van der Waals surface area contributed by atoms with E-state index >= 15 is 0 Å². The summed E-state index contributed by atoms with van der Waals surface area (Å²) in [5.74, 6) is -0.869. The molecule has 0 spiro atoms. The number of carbonyl (C=O) groups excluding carboxylic acids is 3. The Morgan fingerprint density at radius 2 is 1.76 bits per heavy atom. The van der Waals surface area contributed by atoms with E-state index < -0.39 is 17.3 Å². The number of anilines is 1. The predicted molar refractivity (Wildman–Crippen MR) is 126 cm³/mol. The standard InChI is InChI=1S/C26H33N3O5/c1-17-15-26(2)16-19(30)21(17)22-23(26)25(32)29(24(22)31)34-14-6-9-27-10-12-28(13-11-27)18-7-4-5-8-20(18)33-3/h4-5,7-8,22-23H,6,9-16H2,1-3H3. The van der Waals surface area contributed by atoms with Crippen LogP contribution >= 0.6 is 0 Å². The van der Waals surface area contributed by atoms with Gasteiger partial charge in [-0.05, 0) is 37.3 Å². The van der Waals surface area contributed by atoms with Crippen LogP contribution in [0.25, 0.3) is 0 Å². The van der Waals surface area contributed by atoms with Crippen LogP contribution < -0.4 is 9.64 Å². The van der Waals surface area contributed by atoms with Crippen molar-refractivity contribution >= 4 is 23.3 Å². The molecule has 2 bridgehead atoms. The first kappa shape index (κ1) is 23.1. The summed E-state index contributed by atoms with van der Waals surface area (Å²) in [5.41, 5.74) is 2.15. The number of fused-ring (bicyclic) bond motifs is 2. The van der Waals surface area contributed by atoms with Crippen molar-refractivity contribution in [2.24, 2.45) is 17.3 Å². The molecule has 1 saturated carbocycles. The molecule has 8 nitrogen and oxygen atoms in total. The van der Waals surface area contributed by atoms with Crippen LogP contribution in [0.3, 0.4) is 0 Å². The van der Waals surface area contributed by atoms with E-state index in [4.69, 9.17) is 9.57 Å². The number of methoxy groups -OCH3 is 1. The zero-order chi connectivity index (χ0) is 24.0. The van der Waals surface area contributed by atoms with Gasteiger partial charge in [-0.3, -0.25) is 24.1 Å². The number of ketones is 1. The summed E-state index contributed by atoms with van der Waals surface area (Å²) in [7, 11) is 1.70. The minimum atomic E-state index is -0.657. The molecule has 5 aliphatic rings. The van der Waals surface area contributed by atoms with Gasteiger partial charge in [-0.2, -0.15) is 5.06 Å². The number of hydrogen-bond acceptors (Lipinski definition) is 7. The lowest BCUT2D eigenvalue weighted by Crippen LogP contribution is -2.48. The van der Waals surface area contributed by atoms with E-state index in [9.17, 15) is 14.4 Å². The van der Waals surface area contributed by atoms with E-state index in [1.54, 1.807) is 7.11 Å². The molecule has 3 aliphatic carbocycles. The molecule has 0 radical (unpaired) electrons. The van der Waals surface area contributed by atoms with Crippen molar-refractivity contribution in [1.82, 2.24) is 9.96 Å². The molecule has 2 aliphatic heterocycles. The first-order chi connectivity index (χ1) is 16.3. The Balaban J connectivity index is 1.12. The molecule has 34 heavy (non-hydrogen) atoms. The number of hydrogen-bond donors (Lipinski definition) is 0. The van der Waals surface area contributed by atoms with Crippen LogP contribution in [0.1, 0.15) is 33.1 Å². The number of benzene rings is 1. The van der Waals surface area contributed by atoms with E-state index in [0.717, 1.165) is 61.2 Å². The third kappa shape index (κ3) is 3.73. The van der Waals surface area contributed by atoms with Crippen molar-refractivity contribution in [3.8, 4) is 5.75 Å². The summed E-state index contributed by atoms with van der Waals surface area (Å²) in [6.45, 7) is 8.69. The highest BCUT2D eigenvalue weighted by Gasteiger charge is 2.64. The van der Waals surface area contributed by atoms with E-state index in [1.165, 1.54) is 0 Å². The number of para-hydroxylation sites is 2. The molecule has 2 saturated heterocycles. The summed E-state index contributed by atoms with van der Waals surface area (Å²) in [6, 6.07) is 8.07. The van der Waals surface area contributed by atoms with Gasteiger partial charge in [0.1, 0.15) is 5.75 Å². The quantitative estimate of drug-likeness (QED) is 0.450. The van der Waals surface area contributed by atoms with Crippen molar-refractivity contribution in [3.63, 3.8) is 0 Å². The average molecular weight is 468 g/mol. The van der Waals surface area contributed by atoms with E-state index in [1.807, 2.05) is 32.0 Å². The molecule has 3 unspecified atom stereocenters. The number of amides is 2. The normalized spacial score (nSPS) is 29.3. The minimum absolute atomic E-state index is 0.0164. The van der Waals surface area contributed by atoms with Crippen molar-refractivity contribution < 1.29 is 24.0 Å². The van der Waals surface area contributed by atoms with Gasteiger partial charge in [0, 0.05) is 44.7 Å². The first-order valence-electron chi connectivity index (χ1n) is 12.2. The monoisotopic (exact) mass is 467 g/mol. The number of piperazine rings is 1. The van der Waals surface area contributed by atoms with Gasteiger partial charge in [0.25, 0.3) is 11.8 Å². The molecule has 0 N–H and O–H groups in total. The summed E-state index contributed by atoms with van der Waals surface area (Å²) in [4.78, 5) is 49.1. The molecule has 1 aromatic rings. The van der Waals surface area contributed by atoms with E-state index in [0.29, 0.717) is 25.0 Å². The Labute approximate surface area is 200 Å². The fraction of sp³-hybridized carbons (Fsp3) is 0.577. The molecular formula is C26H33N3O5. The summed E-state index contributed by atoms with van der Waals surface area (Å²) in [6.07, 6.45) is 1.76. The molecule has 1 aromatic carbocycles. The third-order valence-corrected chi connectivity index (χ3v) is 7.96. The lowest BCUT2D eigenvalue weighted by Gasteiger charge is -2.46. The topological polar surface area (TPSA) is 79.4 Å². The molecule has 3 fully saturated rings. The molecule has 182 valence electrons. The maximum atomic E-state index is 13.1. The van der Waals surface area contributed by atoms with Crippen molar-refractivity contribution in [2.45, 2.75) is 33.1 Å².